The van der Waals surface area contributed by atoms with Crippen LogP contribution in [-0.4, -0.2) is 18.3 Å². The molecule has 4 aromatic heterocycles. The van der Waals surface area contributed by atoms with Gasteiger partial charge in [0.1, 0.15) is 11.3 Å². The normalized spacial score (nSPS) is 12.0. The lowest BCUT2D eigenvalue weighted by Gasteiger charge is -2.15. The second kappa shape index (κ2) is 10.4. The first-order valence-corrected chi connectivity index (χ1v) is 17.1. The number of nitrogens with zero attached hydrogens (tertiary/aromatic N) is 4. The lowest BCUT2D eigenvalue weighted by Crippen LogP contribution is -2.03. The van der Waals surface area contributed by atoms with E-state index in [1.165, 1.54) is 60.0 Å². The molecule has 0 aliphatic carbocycles. The summed E-state index contributed by atoms with van der Waals surface area (Å²) in [5, 5.41) is 7.51. The fourth-order valence-corrected chi connectivity index (χ4v) is 8.35. The molecule has 0 atom stereocenters. The zero-order valence-electron chi connectivity index (χ0n) is 27.1. The van der Waals surface area contributed by atoms with E-state index >= 15 is 0 Å². The monoisotopic (exact) mass is 638 g/mol. The molecule has 0 aliphatic heterocycles. The summed E-state index contributed by atoms with van der Waals surface area (Å²) in [6, 6.07) is 65.8. The van der Waals surface area contributed by atoms with Gasteiger partial charge >= 0.3 is 0 Å². The fourth-order valence-electron chi connectivity index (χ4n) is 8.35. The molecule has 0 amide bonds. The van der Waals surface area contributed by atoms with Crippen molar-refractivity contribution in [2.45, 2.75) is 0 Å². The molecule has 50 heavy (non-hydrogen) atoms. The van der Waals surface area contributed by atoms with E-state index in [0.29, 0.717) is 0 Å². The molecule has 0 bridgehead atoms. The molecule has 234 valence electrons. The second-order valence-corrected chi connectivity index (χ2v) is 13.0. The highest BCUT2D eigenvalue weighted by molar-refractivity contribution is 6.24. The minimum atomic E-state index is 1.12. The maximum absolute atomic E-state index is 2.47. The number of hydrogen-bond donors (Lipinski definition) is 0. The summed E-state index contributed by atoms with van der Waals surface area (Å²) >= 11 is 0. The van der Waals surface area contributed by atoms with Crippen molar-refractivity contribution < 1.29 is 0 Å². The van der Waals surface area contributed by atoms with Crippen molar-refractivity contribution in [2.24, 2.45) is 0 Å². The van der Waals surface area contributed by atoms with Crippen molar-refractivity contribution in [3.8, 4) is 22.7 Å². The molecule has 0 fully saturated rings. The standard InChI is InChI=1S/C46H30N4/c1-4-16-31(17-5-1)47-40-26-14-11-23-36(40)44-38-29-28-34(30-42(38)49(45(44)47)33-20-8-3-9-21-33)50-41-27-15-12-24-37(41)43-35-22-10-13-25-39(35)48(46(43)50)32-18-6-2-7-19-32/h1-30H. The molecule has 0 unspecified atom stereocenters. The van der Waals surface area contributed by atoms with Crippen LogP contribution in [0.15, 0.2) is 182 Å². The Labute approximate surface area is 287 Å². The first kappa shape index (κ1) is 27.2. The van der Waals surface area contributed by atoms with Crippen molar-refractivity contribution in [3.05, 3.63) is 182 Å². The van der Waals surface area contributed by atoms with Crippen molar-refractivity contribution in [1.82, 2.24) is 18.3 Å². The fraction of sp³-hybridized carbons (Fsp3) is 0. The van der Waals surface area contributed by atoms with Crippen molar-refractivity contribution in [2.75, 3.05) is 0 Å². The smallest absolute Gasteiger partial charge is 0.131 e. The number of aromatic nitrogens is 4. The summed E-state index contributed by atoms with van der Waals surface area (Å²) in [6.45, 7) is 0. The van der Waals surface area contributed by atoms with Gasteiger partial charge in [-0.05, 0) is 66.7 Å². The van der Waals surface area contributed by atoms with Gasteiger partial charge in [0, 0.05) is 55.1 Å². The van der Waals surface area contributed by atoms with Crippen LogP contribution in [0.3, 0.4) is 0 Å². The molecular weight excluding hydrogens is 609 g/mol. The van der Waals surface area contributed by atoms with Crippen LogP contribution in [0.1, 0.15) is 0 Å². The highest BCUT2D eigenvalue weighted by Crippen LogP contribution is 2.44. The van der Waals surface area contributed by atoms with Gasteiger partial charge < -0.3 is 0 Å². The summed E-state index contributed by atoms with van der Waals surface area (Å²) < 4.78 is 9.77. The Morgan fingerprint density at radius 2 is 0.560 bits per heavy atom. The van der Waals surface area contributed by atoms with E-state index in [-0.39, 0.29) is 0 Å². The van der Waals surface area contributed by atoms with E-state index in [2.05, 4.69) is 200 Å². The molecule has 4 heterocycles. The average Bonchev–Trinajstić information content (AvgIpc) is 3.90. The molecule has 0 aliphatic rings. The predicted octanol–water partition coefficient (Wildman–Crippen LogP) is 11.8. The SMILES string of the molecule is c1ccc(-n2c3ccccc3c3c4ccccc4n(-c4ccc5c6c7ccccc7n(-c7ccccc7)c6n(-c6ccccc6)c5c4)c32)cc1. The molecule has 7 aromatic carbocycles. The Morgan fingerprint density at radius 3 is 0.980 bits per heavy atom. The van der Waals surface area contributed by atoms with Crippen LogP contribution in [0.4, 0.5) is 0 Å². The zero-order chi connectivity index (χ0) is 32.8. The van der Waals surface area contributed by atoms with E-state index in [1.54, 1.807) is 0 Å². The summed E-state index contributed by atoms with van der Waals surface area (Å²) in [4.78, 5) is 0. The summed E-state index contributed by atoms with van der Waals surface area (Å²) in [7, 11) is 0. The molecule has 0 N–H and O–H groups in total. The lowest BCUT2D eigenvalue weighted by molar-refractivity contribution is 1.06. The molecule has 4 heteroatoms. The van der Waals surface area contributed by atoms with Gasteiger partial charge in [-0.25, -0.2) is 0 Å². The van der Waals surface area contributed by atoms with Gasteiger partial charge in [0.25, 0.3) is 0 Å². The third kappa shape index (κ3) is 3.65. The highest BCUT2D eigenvalue weighted by atomic mass is 15.2. The van der Waals surface area contributed by atoms with E-state index in [1.807, 2.05) is 0 Å². The Bertz CT molecular complexity index is 3070. The average molecular weight is 639 g/mol. The van der Waals surface area contributed by atoms with Crippen molar-refractivity contribution >= 4 is 65.7 Å². The molecule has 0 radical (unpaired) electrons. The third-order valence-electron chi connectivity index (χ3n) is 10.3. The number of hydrogen-bond acceptors (Lipinski definition) is 0. The molecule has 0 spiro atoms. The van der Waals surface area contributed by atoms with Gasteiger partial charge in [-0.1, -0.05) is 115 Å². The lowest BCUT2D eigenvalue weighted by atomic mass is 10.1. The summed E-state index contributed by atoms with van der Waals surface area (Å²) in [6.07, 6.45) is 0. The summed E-state index contributed by atoms with van der Waals surface area (Å²) in [5.74, 6) is 0. The Hall–Kier alpha value is -6.78. The van der Waals surface area contributed by atoms with Crippen LogP contribution in [0, 0.1) is 0 Å². The third-order valence-corrected chi connectivity index (χ3v) is 10.3. The van der Waals surface area contributed by atoms with Crippen LogP contribution in [-0.2, 0) is 0 Å². The van der Waals surface area contributed by atoms with Gasteiger partial charge in [0.15, 0.2) is 0 Å². The molecule has 11 rings (SSSR count). The highest BCUT2D eigenvalue weighted by Gasteiger charge is 2.25. The van der Waals surface area contributed by atoms with Crippen molar-refractivity contribution in [3.63, 3.8) is 0 Å². The maximum Gasteiger partial charge on any atom is 0.131 e. The maximum atomic E-state index is 2.47. The van der Waals surface area contributed by atoms with Gasteiger partial charge in [-0.15, -0.1) is 0 Å². The first-order chi connectivity index (χ1) is 24.9. The van der Waals surface area contributed by atoms with Gasteiger partial charge in [-0.3, -0.25) is 18.3 Å². The minimum Gasteiger partial charge on any atom is -0.295 e. The number of fused-ring (bicyclic) bond motifs is 10. The molecule has 0 saturated heterocycles. The largest absolute Gasteiger partial charge is 0.295 e. The van der Waals surface area contributed by atoms with Gasteiger partial charge in [-0.2, -0.15) is 0 Å². The van der Waals surface area contributed by atoms with E-state index in [0.717, 1.165) is 28.4 Å². The number of benzene rings is 7. The number of para-hydroxylation sites is 6. The molecule has 4 nitrogen and oxygen atoms in total. The quantitative estimate of drug-likeness (QED) is 0.183. The van der Waals surface area contributed by atoms with Crippen LogP contribution in [0.2, 0.25) is 0 Å². The molecule has 11 aromatic rings. The number of rotatable bonds is 4. The van der Waals surface area contributed by atoms with Gasteiger partial charge in [0.05, 0.1) is 22.1 Å². The molecule has 0 saturated carbocycles. The van der Waals surface area contributed by atoms with E-state index in [4.69, 9.17) is 0 Å². The minimum absolute atomic E-state index is 1.12. The topological polar surface area (TPSA) is 19.7 Å². The Kier molecular flexibility index (Phi) is 5.63. The van der Waals surface area contributed by atoms with Crippen LogP contribution < -0.4 is 0 Å². The van der Waals surface area contributed by atoms with E-state index in [9.17, 15) is 0 Å². The predicted molar refractivity (Wildman–Crippen MR) is 209 cm³/mol. The molecular formula is C46H30N4. The van der Waals surface area contributed by atoms with Crippen LogP contribution >= 0.6 is 0 Å². The zero-order valence-corrected chi connectivity index (χ0v) is 27.1. The van der Waals surface area contributed by atoms with Crippen LogP contribution in [0.5, 0.6) is 0 Å². The second-order valence-electron chi connectivity index (χ2n) is 13.0. The van der Waals surface area contributed by atoms with Crippen LogP contribution in [0.25, 0.3) is 88.4 Å². The summed E-state index contributed by atoms with van der Waals surface area (Å²) in [5.41, 5.74) is 11.6. The Balaban J connectivity index is 1.32. The Morgan fingerprint density at radius 1 is 0.240 bits per heavy atom. The van der Waals surface area contributed by atoms with E-state index < -0.39 is 0 Å². The van der Waals surface area contributed by atoms with Gasteiger partial charge in [0.2, 0.25) is 0 Å². The first-order valence-electron chi connectivity index (χ1n) is 17.1. The van der Waals surface area contributed by atoms with Crippen molar-refractivity contribution in [1.29, 1.82) is 0 Å².